The molecule has 4 rings (SSSR count). The number of carbonyl (C=O) groups is 1. The molecule has 1 aliphatic carbocycles. The number of nitrogens with zero attached hydrogens (tertiary/aromatic N) is 4. The van der Waals surface area contributed by atoms with Gasteiger partial charge in [-0.15, -0.1) is 0 Å². The Hall–Kier alpha value is -2.32. The van der Waals surface area contributed by atoms with Crippen LogP contribution in [0.4, 0.5) is 19.0 Å². The van der Waals surface area contributed by atoms with Gasteiger partial charge in [-0.1, -0.05) is 0 Å². The zero-order chi connectivity index (χ0) is 18.5. The lowest BCUT2D eigenvalue weighted by Crippen LogP contribution is -2.36. The van der Waals surface area contributed by atoms with Crippen LogP contribution in [0.25, 0.3) is 11.0 Å². The minimum Gasteiger partial charge on any atom is -0.356 e. The number of alkyl halides is 3. The number of likely N-dealkylation sites (tertiary alicyclic amines) is 1. The van der Waals surface area contributed by atoms with Crippen molar-refractivity contribution in [3.05, 3.63) is 18.6 Å². The first-order chi connectivity index (χ1) is 12.3. The topological polar surface area (TPSA) is 65.1 Å². The van der Waals surface area contributed by atoms with Crippen LogP contribution in [-0.2, 0) is 4.79 Å². The summed E-state index contributed by atoms with van der Waals surface area (Å²) in [5.74, 6) is 0.555. The molecule has 2 unspecified atom stereocenters. The summed E-state index contributed by atoms with van der Waals surface area (Å²) >= 11 is 0. The van der Waals surface area contributed by atoms with Gasteiger partial charge in [-0.05, 0) is 30.7 Å². The van der Waals surface area contributed by atoms with Crippen molar-refractivity contribution in [1.82, 2.24) is 19.9 Å². The van der Waals surface area contributed by atoms with Gasteiger partial charge in [0.1, 0.15) is 24.2 Å². The number of nitrogens with one attached hydrogen (secondary N) is 1. The monoisotopic (exact) mass is 367 g/mol. The maximum Gasteiger partial charge on any atom is 0.397 e. The average molecular weight is 367 g/mol. The number of amides is 1. The van der Waals surface area contributed by atoms with Gasteiger partial charge in [0, 0.05) is 32.4 Å². The molecule has 1 amide bonds. The van der Waals surface area contributed by atoms with E-state index in [2.05, 4.69) is 19.9 Å². The molecule has 6 nitrogen and oxygen atoms in total. The molecule has 9 heteroatoms. The fourth-order valence-electron chi connectivity index (χ4n) is 4.38. The maximum atomic E-state index is 12.4. The second-order valence-electron chi connectivity index (χ2n) is 7.28. The summed E-state index contributed by atoms with van der Waals surface area (Å²) in [5, 5.41) is 0.953. The molecule has 3 heterocycles. The highest BCUT2D eigenvalue weighted by atomic mass is 19.4. The Labute approximate surface area is 148 Å². The smallest absolute Gasteiger partial charge is 0.356 e. The van der Waals surface area contributed by atoms with Crippen LogP contribution in [0.1, 0.15) is 19.3 Å². The average Bonchev–Trinajstić information content (AvgIpc) is 3.25. The van der Waals surface area contributed by atoms with E-state index in [1.165, 1.54) is 11.2 Å². The molecule has 0 spiro atoms. The molecule has 2 aliphatic rings. The summed E-state index contributed by atoms with van der Waals surface area (Å²) in [4.78, 5) is 27.0. The van der Waals surface area contributed by atoms with Crippen LogP contribution in [0.15, 0.2) is 18.6 Å². The van der Waals surface area contributed by atoms with E-state index in [9.17, 15) is 18.0 Å². The third-order valence-corrected chi connectivity index (χ3v) is 5.65. The van der Waals surface area contributed by atoms with E-state index < -0.39 is 18.5 Å². The Morgan fingerprint density at radius 2 is 2.00 bits per heavy atom. The van der Waals surface area contributed by atoms with Gasteiger partial charge in [-0.3, -0.25) is 4.79 Å². The molecule has 1 saturated heterocycles. The highest BCUT2D eigenvalue weighted by molar-refractivity contribution is 5.87. The molecule has 2 aromatic heterocycles. The normalized spacial score (nSPS) is 25.7. The van der Waals surface area contributed by atoms with Gasteiger partial charge < -0.3 is 14.8 Å². The lowest BCUT2D eigenvalue weighted by atomic mass is 10.0. The van der Waals surface area contributed by atoms with Crippen LogP contribution in [-0.4, -0.2) is 58.1 Å². The molecule has 0 radical (unpaired) electrons. The first kappa shape index (κ1) is 17.1. The molecular formula is C17H20F3N5O. The van der Waals surface area contributed by atoms with E-state index in [0.717, 1.165) is 29.7 Å². The predicted molar refractivity (Wildman–Crippen MR) is 89.5 cm³/mol. The maximum absolute atomic E-state index is 12.4. The fourth-order valence-corrected chi connectivity index (χ4v) is 4.38. The van der Waals surface area contributed by atoms with Crippen molar-refractivity contribution in [2.24, 2.45) is 11.8 Å². The summed E-state index contributed by atoms with van der Waals surface area (Å²) < 4.78 is 37.3. The molecule has 26 heavy (non-hydrogen) atoms. The Kier molecular flexibility index (Phi) is 4.04. The SMILES string of the molecule is CN(c1ncnc2[nH]ccc12)C1CC2CN(C(=O)CC(F)(F)F)CC2C1. The molecular weight excluding hydrogens is 347 g/mol. The van der Waals surface area contributed by atoms with Gasteiger partial charge >= 0.3 is 6.18 Å². The Balaban J connectivity index is 1.42. The molecule has 1 N–H and O–H groups in total. The highest BCUT2D eigenvalue weighted by Crippen LogP contribution is 2.41. The fraction of sp³-hybridized carbons (Fsp3) is 0.588. The van der Waals surface area contributed by atoms with Crippen molar-refractivity contribution in [3.8, 4) is 0 Å². The standard InChI is InChI=1S/C17H20F3N5O/c1-24(16-13-2-3-21-15(13)22-9-23-16)12-4-10-7-25(8-11(10)5-12)14(26)6-17(18,19)20/h2-3,9-12H,4-8H2,1H3,(H,21,22,23). The molecule has 2 atom stereocenters. The van der Waals surface area contributed by atoms with E-state index in [-0.39, 0.29) is 17.9 Å². The van der Waals surface area contributed by atoms with Crippen molar-refractivity contribution in [1.29, 1.82) is 0 Å². The summed E-state index contributed by atoms with van der Waals surface area (Å²) in [7, 11) is 1.99. The second kappa shape index (κ2) is 6.14. The summed E-state index contributed by atoms with van der Waals surface area (Å²) in [6.07, 6.45) is -0.739. The summed E-state index contributed by atoms with van der Waals surface area (Å²) in [6, 6.07) is 2.20. The van der Waals surface area contributed by atoms with E-state index in [4.69, 9.17) is 0 Å². The van der Waals surface area contributed by atoms with E-state index in [1.54, 1.807) is 0 Å². The zero-order valence-corrected chi connectivity index (χ0v) is 14.3. The van der Waals surface area contributed by atoms with Crippen molar-refractivity contribution in [2.75, 3.05) is 25.0 Å². The lowest BCUT2D eigenvalue weighted by Gasteiger charge is -2.28. The van der Waals surface area contributed by atoms with Crippen molar-refractivity contribution in [2.45, 2.75) is 31.5 Å². The van der Waals surface area contributed by atoms with Crippen LogP contribution >= 0.6 is 0 Å². The van der Waals surface area contributed by atoms with Crippen molar-refractivity contribution in [3.63, 3.8) is 0 Å². The Morgan fingerprint density at radius 3 is 2.65 bits per heavy atom. The zero-order valence-electron chi connectivity index (χ0n) is 14.3. The van der Waals surface area contributed by atoms with Crippen LogP contribution in [0, 0.1) is 11.8 Å². The van der Waals surface area contributed by atoms with Gasteiger partial charge in [0.05, 0.1) is 5.39 Å². The van der Waals surface area contributed by atoms with Gasteiger partial charge in [-0.2, -0.15) is 13.2 Å². The molecule has 2 aromatic rings. The predicted octanol–water partition coefficient (Wildman–Crippen LogP) is 2.58. The van der Waals surface area contributed by atoms with Crippen LogP contribution in [0.2, 0.25) is 0 Å². The Morgan fingerprint density at radius 1 is 1.31 bits per heavy atom. The Bertz CT molecular complexity index is 806. The number of aromatic amines is 1. The second-order valence-corrected chi connectivity index (χ2v) is 7.28. The molecule has 2 fully saturated rings. The van der Waals surface area contributed by atoms with Crippen LogP contribution in [0.3, 0.4) is 0 Å². The highest BCUT2D eigenvalue weighted by Gasteiger charge is 2.45. The first-order valence-electron chi connectivity index (χ1n) is 8.67. The van der Waals surface area contributed by atoms with Gasteiger partial charge in [-0.25, -0.2) is 9.97 Å². The molecule has 1 saturated carbocycles. The number of anilines is 1. The summed E-state index contributed by atoms with van der Waals surface area (Å²) in [6.45, 7) is 0.848. The van der Waals surface area contributed by atoms with Gasteiger partial charge in [0.2, 0.25) is 5.91 Å². The summed E-state index contributed by atoms with van der Waals surface area (Å²) in [5.41, 5.74) is 0.781. The molecule has 0 bridgehead atoms. The molecule has 0 aromatic carbocycles. The number of halogens is 3. The third-order valence-electron chi connectivity index (χ3n) is 5.65. The number of rotatable bonds is 3. The van der Waals surface area contributed by atoms with E-state index in [1.807, 2.05) is 19.3 Å². The number of hydrogen-bond donors (Lipinski definition) is 1. The van der Waals surface area contributed by atoms with Crippen molar-refractivity contribution < 1.29 is 18.0 Å². The number of fused-ring (bicyclic) bond motifs is 2. The number of H-pyrrole nitrogens is 1. The third kappa shape index (κ3) is 3.10. The first-order valence-corrected chi connectivity index (χ1v) is 8.67. The quantitative estimate of drug-likeness (QED) is 0.906. The molecule has 140 valence electrons. The largest absolute Gasteiger partial charge is 0.397 e. The number of hydrogen-bond acceptors (Lipinski definition) is 4. The van der Waals surface area contributed by atoms with Crippen LogP contribution in [0.5, 0.6) is 0 Å². The van der Waals surface area contributed by atoms with Crippen molar-refractivity contribution >= 4 is 22.8 Å². The van der Waals surface area contributed by atoms with Crippen LogP contribution < -0.4 is 4.90 Å². The van der Waals surface area contributed by atoms with E-state index in [0.29, 0.717) is 13.1 Å². The number of carbonyl (C=O) groups excluding carboxylic acids is 1. The van der Waals surface area contributed by atoms with E-state index >= 15 is 0 Å². The molecule has 1 aliphatic heterocycles. The van der Waals surface area contributed by atoms with Gasteiger partial charge in [0.15, 0.2) is 0 Å². The minimum absolute atomic E-state index is 0.253. The lowest BCUT2D eigenvalue weighted by molar-refractivity contribution is -0.160. The minimum atomic E-state index is -4.44. The number of aromatic nitrogens is 3. The van der Waals surface area contributed by atoms with Gasteiger partial charge in [0.25, 0.3) is 0 Å².